The highest BCUT2D eigenvalue weighted by Crippen LogP contribution is 2.34. The van der Waals surface area contributed by atoms with Crippen LogP contribution in [0.3, 0.4) is 0 Å². The van der Waals surface area contributed by atoms with Gasteiger partial charge in [0, 0.05) is 5.56 Å². The van der Waals surface area contributed by atoms with Crippen LogP contribution in [0, 0.1) is 13.8 Å². The number of esters is 1. The maximum Gasteiger partial charge on any atom is 0.361 e. The lowest BCUT2D eigenvalue weighted by Crippen LogP contribution is -2.14. The second-order valence-corrected chi connectivity index (χ2v) is 5.42. The van der Waals surface area contributed by atoms with E-state index in [1.54, 1.807) is 18.5 Å². The van der Waals surface area contributed by atoms with E-state index in [-0.39, 0.29) is 12.3 Å². The van der Waals surface area contributed by atoms with Crippen molar-refractivity contribution < 1.29 is 14.3 Å². The molecule has 128 valence electrons. The first kappa shape index (κ1) is 16.6. The van der Waals surface area contributed by atoms with Crippen molar-refractivity contribution >= 4 is 11.6 Å². The number of benzene rings is 1. The first-order valence-corrected chi connectivity index (χ1v) is 7.72. The van der Waals surface area contributed by atoms with E-state index < -0.39 is 5.97 Å². The van der Waals surface area contributed by atoms with Crippen LogP contribution in [-0.2, 0) is 4.74 Å². The molecule has 0 spiro atoms. The van der Waals surface area contributed by atoms with Crippen LogP contribution in [0.25, 0.3) is 16.8 Å². The average molecular weight is 338 g/mol. The molecule has 1 aromatic carbocycles. The molecular formula is C18H18N4O3. The standard InChI is InChI=1S/C18H18N4O3/c1-5-10-25-18(23)16-12(3)22-17(20-19-16)15(11(2)21-22)13-8-6-7-9-14(13)24-4/h5-9H,1,10H2,2-4H3. The summed E-state index contributed by atoms with van der Waals surface area (Å²) in [5.41, 5.74) is 3.69. The van der Waals surface area contributed by atoms with Crippen molar-refractivity contribution in [2.24, 2.45) is 0 Å². The maximum absolute atomic E-state index is 12.1. The number of ether oxygens (including phenoxy) is 2. The molecule has 3 rings (SSSR count). The maximum atomic E-state index is 12.1. The first-order valence-electron chi connectivity index (χ1n) is 7.72. The third kappa shape index (κ3) is 2.84. The topological polar surface area (TPSA) is 78.6 Å². The number of carbonyl (C=O) groups excluding carboxylic acids is 1. The van der Waals surface area contributed by atoms with Gasteiger partial charge in [-0.25, -0.2) is 9.31 Å². The summed E-state index contributed by atoms with van der Waals surface area (Å²) >= 11 is 0. The van der Waals surface area contributed by atoms with Crippen molar-refractivity contribution in [3.8, 4) is 16.9 Å². The monoisotopic (exact) mass is 338 g/mol. The van der Waals surface area contributed by atoms with Crippen LogP contribution in [0.1, 0.15) is 21.9 Å². The average Bonchev–Trinajstić information content (AvgIpc) is 2.96. The minimum Gasteiger partial charge on any atom is -0.496 e. The summed E-state index contributed by atoms with van der Waals surface area (Å²) in [5.74, 6) is 0.160. The molecule has 0 aliphatic rings. The number of para-hydroxylation sites is 1. The Hall–Kier alpha value is -3.22. The fourth-order valence-corrected chi connectivity index (χ4v) is 2.67. The zero-order chi connectivity index (χ0) is 18.0. The molecule has 0 fully saturated rings. The summed E-state index contributed by atoms with van der Waals surface area (Å²) < 4.78 is 12.1. The number of aromatic nitrogens is 4. The first-order chi connectivity index (χ1) is 12.1. The molecule has 25 heavy (non-hydrogen) atoms. The van der Waals surface area contributed by atoms with Crippen molar-refractivity contribution in [1.29, 1.82) is 0 Å². The van der Waals surface area contributed by atoms with E-state index in [2.05, 4.69) is 21.9 Å². The lowest BCUT2D eigenvalue weighted by Gasteiger charge is -2.08. The largest absolute Gasteiger partial charge is 0.496 e. The van der Waals surface area contributed by atoms with Crippen molar-refractivity contribution in [2.45, 2.75) is 13.8 Å². The van der Waals surface area contributed by atoms with E-state index in [1.165, 1.54) is 6.08 Å². The third-order valence-electron chi connectivity index (χ3n) is 3.84. The summed E-state index contributed by atoms with van der Waals surface area (Å²) in [6, 6.07) is 7.63. The highest BCUT2D eigenvalue weighted by Gasteiger charge is 2.22. The summed E-state index contributed by atoms with van der Waals surface area (Å²) in [7, 11) is 1.62. The summed E-state index contributed by atoms with van der Waals surface area (Å²) in [4.78, 5) is 12.1. The van der Waals surface area contributed by atoms with E-state index in [0.29, 0.717) is 11.3 Å². The predicted molar refractivity (Wildman–Crippen MR) is 92.7 cm³/mol. The number of nitrogens with zero attached hydrogens (tertiary/aromatic N) is 4. The Morgan fingerprint density at radius 1 is 1.28 bits per heavy atom. The van der Waals surface area contributed by atoms with Crippen LogP contribution in [0.4, 0.5) is 0 Å². The van der Waals surface area contributed by atoms with Gasteiger partial charge < -0.3 is 9.47 Å². The lowest BCUT2D eigenvalue weighted by molar-refractivity contribution is 0.0539. The van der Waals surface area contributed by atoms with Crippen LogP contribution < -0.4 is 4.74 Å². The normalized spacial score (nSPS) is 10.7. The van der Waals surface area contributed by atoms with Gasteiger partial charge in [0.2, 0.25) is 0 Å². The predicted octanol–water partition coefficient (Wildman–Crippen LogP) is 2.76. The van der Waals surface area contributed by atoms with Gasteiger partial charge in [0.05, 0.1) is 24.1 Å². The fraction of sp³-hybridized carbons (Fsp3) is 0.222. The molecule has 0 unspecified atom stereocenters. The zero-order valence-electron chi connectivity index (χ0n) is 14.3. The molecule has 0 aliphatic carbocycles. The van der Waals surface area contributed by atoms with Crippen molar-refractivity contribution in [3.63, 3.8) is 0 Å². The molecule has 7 heteroatoms. The molecule has 0 saturated heterocycles. The fourth-order valence-electron chi connectivity index (χ4n) is 2.67. The van der Waals surface area contributed by atoms with Crippen LogP contribution in [0.15, 0.2) is 36.9 Å². The molecule has 0 bridgehead atoms. The molecule has 2 aromatic heterocycles. The van der Waals surface area contributed by atoms with E-state index in [0.717, 1.165) is 22.6 Å². The third-order valence-corrected chi connectivity index (χ3v) is 3.84. The van der Waals surface area contributed by atoms with Gasteiger partial charge >= 0.3 is 5.97 Å². The number of aryl methyl sites for hydroxylation is 2. The van der Waals surface area contributed by atoms with Crippen molar-refractivity contribution in [2.75, 3.05) is 13.7 Å². The van der Waals surface area contributed by atoms with Gasteiger partial charge in [-0.1, -0.05) is 30.9 Å². The Kier molecular flexibility index (Phi) is 4.47. The van der Waals surface area contributed by atoms with Crippen LogP contribution in [0.2, 0.25) is 0 Å². The van der Waals surface area contributed by atoms with Gasteiger partial charge in [-0.3, -0.25) is 0 Å². The Morgan fingerprint density at radius 3 is 2.76 bits per heavy atom. The SMILES string of the molecule is C=CCOC(=O)c1nnc2c(-c3ccccc3OC)c(C)nn2c1C. The number of carbonyl (C=O) groups is 1. The van der Waals surface area contributed by atoms with Gasteiger partial charge in [-0.2, -0.15) is 5.10 Å². The van der Waals surface area contributed by atoms with E-state index in [1.807, 2.05) is 31.2 Å². The van der Waals surface area contributed by atoms with E-state index in [4.69, 9.17) is 9.47 Å². The Balaban J connectivity index is 2.17. The van der Waals surface area contributed by atoms with Crippen LogP contribution >= 0.6 is 0 Å². The van der Waals surface area contributed by atoms with E-state index in [9.17, 15) is 4.79 Å². The Labute approximate surface area is 144 Å². The van der Waals surface area contributed by atoms with Crippen LogP contribution in [-0.4, -0.2) is 39.5 Å². The highest BCUT2D eigenvalue weighted by molar-refractivity contribution is 5.89. The molecule has 0 atom stereocenters. The summed E-state index contributed by atoms with van der Waals surface area (Å²) in [6.07, 6.45) is 1.50. The molecule has 2 heterocycles. The number of rotatable bonds is 5. The van der Waals surface area contributed by atoms with Gasteiger partial charge in [-0.15, -0.1) is 10.2 Å². The number of fused-ring (bicyclic) bond motifs is 1. The molecule has 0 aliphatic heterocycles. The number of methoxy groups -OCH3 is 1. The zero-order valence-corrected chi connectivity index (χ0v) is 14.3. The minimum atomic E-state index is -0.557. The molecule has 0 amide bonds. The van der Waals surface area contributed by atoms with Crippen molar-refractivity contribution in [3.05, 3.63) is 54.0 Å². The van der Waals surface area contributed by atoms with Gasteiger partial charge in [0.25, 0.3) is 0 Å². The van der Waals surface area contributed by atoms with Crippen LogP contribution in [0.5, 0.6) is 5.75 Å². The number of hydrogen-bond donors (Lipinski definition) is 0. The molecule has 0 saturated carbocycles. The molecule has 7 nitrogen and oxygen atoms in total. The number of hydrogen-bond acceptors (Lipinski definition) is 6. The molecule has 0 radical (unpaired) electrons. The Morgan fingerprint density at radius 2 is 2.04 bits per heavy atom. The second-order valence-electron chi connectivity index (χ2n) is 5.42. The van der Waals surface area contributed by atoms with E-state index >= 15 is 0 Å². The molecular weight excluding hydrogens is 320 g/mol. The smallest absolute Gasteiger partial charge is 0.361 e. The second kappa shape index (κ2) is 6.72. The lowest BCUT2D eigenvalue weighted by atomic mass is 10.1. The molecule has 0 N–H and O–H groups in total. The summed E-state index contributed by atoms with van der Waals surface area (Å²) in [6.45, 7) is 7.27. The van der Waals surface area contributed by atoms with Gasteiger partial charge in [0.15, 0.2) is 11.3 Å². The van der Waals surface area contributed by atoms with Gasteiger partial charge in [0.1, 0.15) is 12.4 Å². The minimum absolute atomic E-state index is 0.114. The Bertz CT molecular complexity index is 962. The quantitative estimate of drug-likeness (QED) is 0.526. The summed E-state index contributed by atoms with van der Waals surface area (Å²) in [5, 5.41) is 12.8. The molecule has 3 aromatic rings. The van der Waals surface area contributed by atoms with Gasteiger partial charge in [-0.05, 0) is 19.9 Å². The highest BCUT2D eigenvalue weighted by atomic mass is 16.5. The van der Waals surface area contributed by atoms with Crippen molar-refractivity contribution in [1.82, 2.24) is 19.8 Å².